The number of aromatic amines is 1. The number of amides is 1. The highest BCUT2D eigenvalue weighted by Crippen LogP contribution is 2.17. The molecule has 0 atom stereocenters. The quantitative estimate of drug-likeness (QED) is 0.571. The molecule has 3 rings (SSSR count). The van der Waals surface area contributed by atoms with Crippen molar-refractivity contribution in [2.45, 2.75) is 18.1 Å². The van der Waals surface area contributed by atoms with E-state index in [1.807, 2.05) is 73.6 Å². The van der Waals surface area contributed by atoms with Crippen LogP contribution in [0, 0.1) is 0 Å². The average molecular weight is 398 g/mol. The summed E-state index contributed by atoms with van der Waals surface area (Å²) >= 11 is 1.24. The molecule has 2 aromatic carbocycles. The first-order chi connectivity index (χ1) is 13.5. The molecular formula is C20H23N5O2S. The van der Waals surface area contributed by atoms with Crippen LogP contribution in [-0.4, -0.2) is 40.5 Å². The van der Waals surface area contributed by atoms with Gasteiger partial charge in [0.05, 0.1) is 5.75 Å². The summed E-state index contributed by atoms with van der Waals surface area (Å²) in [6.07, 6.45) is 0.720. The molecule has 0 aliphatic carbocycles. The molecule has 0 saturated carbocycles. The number of carbonyl (C=O) groups is 1. The van der Waals surface area contributed by atoms with Crippen molar-refractivity contribution in [2.75, 3.05) is 30.1 Å². The van der Waals surface area contributed by atoms with Crippen molar-refractivity contribution in [3.05, 3.63) is 70.6 Å². The standard InChI is InChI=1S/C20H23N5O2S/c1-24(2)17-10-8-16(9-11-17)21-18(26)14-28-20-23-22-19(27)25(20)13-12-15-6-4-3-5-7-15/h3-11H,12-14H2,1-2H3,(H,21,26)(H,22,27). The fourth-order valence-electron chi connectivity index (χ4n) is 2.67. The second kappa shape index (κ2) is 9.27. The summed E-state index contributed by atoms with van der Waals surface area (Å²) < 4.78 is 1.57. The maximum Gasteiger partial charge on any atom is 0.343 e. The molecule has 0 spiro atoms. The zero-order valence-electron chi connectivity index (χ0n) is 15.9. The van der Waals surface area contributed by atoms with Gasteiger partial charge in [0.1, 0.15) is 0 Å². The van der Waals surface area contributed by atoms with Crippen molar-refractivity contribution < 1.29 is 4.79 Å². The minimum atomic E-state index is -0.266. The molecule has 1 aromatic heterocycles. The van der Waals surface area contributed by atoms with Gasteiger partial charge in [-0.25, -0.2) is 9.89 Å². The Hall–Kier alpha value is -3.00. The summed E-state index contributed by atoms with van der Waals surface area (Å²) in [5, 5.41) is 9.88. The predicted molar refractivity (Wildman–Crippen MR) is 113 cm³/mol. The van der Waals surface area contributed by atoms with Crippen LogP contribution >= 0.6 is 11.8 Å². The summed E-state index contributed by atoms with van der Waals surface area (Å²) in [5.74, 6) is 0.0260. The Morgan fingerprint density at radius 2 is 1.86 bits per heavy atom. The van der Waals surface area contributed by atoms with Gasteiger partial charge >= 0.3 is 5.69 Å². The van der Waals surface area contributed by atoms with E-state index in [0.717, 1.165) is 23.4 Å². The number of nitrogens with zero attached hydrogens (tertiary/aromatic N) is 3. The van der Waals surface area contributed by atoms with Gasteiger partial charge in [-0.15, -0.1) is 5.10 Å². The number of H-pyrrole nitrogens is 1. The van der Waals surface area contributed by atoms with Crippen LogP contribution in [0.15, 0.2) is 64.5 Å². The van der Waals surface area contributed by atoms with Crippen molar-refractivity contribution in [2.24, 2.45) is 0 Å². The van der Waals surface area contributed by atoms with Crippen molar-refractivity contribution >= 4 is 29.0 Å². The Kier molecular flexibility index (Phi) is 6.54. The Morgan fingerprint density at radius 1 is 1.14 bits per heavy atom. The van der Waals surface area contributed by atoms with Gasteiger partial charge in [0, 0.05) is 32.0 Å². The lowest BCUT2D eigenvalue weighted by Gasteiger charge is -2.13. The lowest BCUT2D eigenvalue weighted by Crippen LogP contribution is -2.20. The molecule has 1 heterocycles. The molecule has 0 bridgehead atoms. The first-order valence-electron chi connectivity index (χ1n) is 8.92. The van der Waals surface area contributed by atoms with Crippen molar-refractivity contribution in [3.8, 4) is 0 Å². The van der Waals surface area contributed by atoms with E-state index < -0.39 is 0 Å². The van der Waals surface area contributed by atoms with E-state index in [1.165, 1.54) is 11.8 Å². The van der Waals surface area contributed by atoms with Gasteiger partial charge in [-0.3, -0.25) is 9.36 Å². The number of hydrogen-bond acceptors (Lipinski definition) is 5. The molecule has 0 aliphatic heterocycles. The Labute approximate surface area is 167 Å². The van der Waals surface area contributed by atoms with Crippen LogP contribution in [0.5, 0.6) is 0 Å². The van der Waals surface area contributed by atoms with Gasteiger partial charge in [-0.05, 0) is 36.2 Å². The Balaban J connectivity index is 1.55. The lowest BCUT2D eigenvalue weighted by atomic mass is 10.1. The maximum absolute atomic E-state index is 12.2. The SMILES string of the molecule is CN(C)c1ccc(NC(=O)CSc2n[nH]c(=O)n2CCc2ccccc2)cc1. The fraction of sp³-hybridized carbons (Fsp3) is 0.250. The number of rotatable bonds is 8. The fourth-order valence-corrected chi connectivity index (χ4v) is 3.44. The van der Waals surface area contributed by atoms with Crippen LogP contribution in [0.25, 0.3) is 0 Å². The van der Waals surface area contributed by atoms with Crippen molar-refractivity contribution in [1.82, 2.24) is 14.8 Å². The van der Waals surface area contributed by atoms with Gasteiger partial charge in [-0.1, -0.05) is 42.1 Å². The van der Waals surface area contributed by atoms with E-state index in [-0.39, 0.29) is 17.3 Å². The van der Waals surface area contributed by atoms with Gasteiger partial charge in [0.25, 0.3) is 0 Å². The molecule has 8 heteroatoms. The minimum absolute atomic E-state index is 0.146. The van der Waals surface area contributed by atoms with Crippen LogP contribution in [0.1, 0.15) is 5.56 Å². The zero-order chi connectivity index (χ0) is 19.9. The van der Waals surface area contributed by atoms with Crippen LogP contribution in [0.2, 0.25) is 0 Å². The van der Waals surface area contributed by atoms with E-state index in [9.17, 15) is 9.59 Å². The summed E-state index contributed by atoms with van der Waals surface area (Å²) in [5.41, 5.74) is 2.68. The average Bonchev–Trinajstić information content (AvgIpc) is 3.05. The Bertz CT molecular complexity index is 964. The lowest BCUT2D eigenvalue weighted by molar-refractivity contribution is -0.113. The molecule has 146 valence electrons. The van der Waals surface area contributed by atoms with Gasteiger partial charge in [0.15, 0.2) is 5.16 Å². The predicted octanol–water partition coefficient (Wildman–Crippen LogP) is 2.61. The highest BCUT2D eigenvalue weighted by Gasteiger charge is 2.12. The van der Waals surface area contributed by atoms with E-state index in [2.05, 4.69) is 15.5 Å². The maximum atomic E-state index is 12.2. The zero-order valence-corrected chi connectivity index (χ0v) is 16.7. The molecule has 2 N–H and O–H groups in total. The smallest absolute Gasteiger partial charge is 0.343 e. The van der Waals surface area contributed by atoms with Crippen LogP contribution in [0.3, 0.4) is 0 Å². The second-order valence-corrected chi connectivity index (χ2v) is 7.42. The number of aryl methyl sites for hydroxylation is 1. The normalized spacial score (nSPS) is 10.6. The third-order valence-electron chi connectivity index (χ3n) is 4.19. The van der Waals surface area contributed by atoms with Crippen molar-refractivity contribution in [1.29, 1.82) is 0 Å². The first-order valence-corrected chi connectivity index (χ1v) is 9.90. The molecule has 3 aromatic rings. The number of carbonyl (C=O) groups excluding carboxylic acids is 1. The van der Waals surface area contributed by atoms with Crippen LogP contribution < -0.4 is 15.9 Å². The molecule has 0 saturated heterocycles. The minimum Gasteiger partial charge on any atom is -0.378 e. The first kappa shape index (κ1) is 19.8. The third kappa shape index (κ3) is 5.26. The monoisotopic (exact) mass is 397 g/mol. The molecular weight excluding hydrogens is 374 g/mol. The van der Waals surface area contributed by atoms with E-state index >= 15 is 0 Å². The van der Waals surface area contributed by atoms with Gasteiger partial charge in [-0.2, -0.15) is 0 Å². The summed E-state index contributed by atoms with van der Waals surface area (Å²) in [6, 6.07) is 17.6. The van der Waals surface area contributed by atoms with Gasteiger partial charge in [0.2, 0.25) is 5.91 Å². The number of anilines is 2. The summed E-state index contributed by atoms with van der Waals surface area (Å²) in [4.78, 5) is 26.2. The third-order valence-corrected chi connectivity index (χ3v) is 5.17. The van der Waals surface area contributed by atoms with Crippen LogP contribution in [0.4, 0.5) is 11.4 Å². The van der Waals surface area contributed by atoms with E-state index in [1.54, 1.807) is 4.57 Å². The number of thioether (sulfide) groups is 1. The van der Waals surface area contributed by atoms with E-state index in [0.29, 0.717) is 11.7 Å². The molecule has 1 amide bonds. The van der Waals surface area contributed by atoms with Crippen LogP contribution in [-0.2, 0) is 17.8 Å². The summed E-state index contributed by atoms with van der Waals surface area (Å²) in [7, 11) is 3.93. The molecule has 7 nitrogen and oxygen atoms in total. The summed E-state index contributed by atoms with van der Waals surface area (Å²) in [6.45, 7) is 0.509. The van der Waals surface area contributed by atoms with Gasteiger partial charge < -0.3 is 10.2 Å². The second-order valence-electron chi connectivity index (χ2n) is 6.48. The molecule has 0 radical (unpaired) electrons. The number of aromatic nitrogens is 3. The number of hydrogen-bond donors (Lipinski definition) is 2. The highest BCUT2D eigenvalue weighted by atomic mass is 32.2. The molecule has 28 heavy (non-hydrogen) atoms. The molecule has 0 aliphatic rings. The largest absolute Gasteiger partial charge is 0.378 e. The molecule has 0 unspecified atom stereocenters. The van der Waals surface area contributed by atoms with E-state index in [4.69, 9.17) is 0 Å². The number of benzene rings is 2. The topological polar surface area (TPSA) is 83.0 Å². The van der Waals surface area contributed by atoms with Crippen molar-refractivity contribution in [3.63, 3.8) is 0 Å². The highest BCUT2D eigenvalue weighted by molar-refractivity contribution is 7.99. The number of nitrogens with one attached hydrogen (secondary N) is 2. The molecule has 0 fully saturated rings. The Morgan fingerprint density at radius 3 is 2.54 bits per heavy atom.